The predicted molar refractivity (Wildman–Crippen MR) is 81.9 cm³/mol. The molecule has 3 rings (SSSR count). The first-order valence-electron chi connectivity index (χ1n) is 6.65. The number of fused-ring (bicyclic) bond motifs is 1. The molecule has 8 nitrogen and oxygen atoms in total. The average Bonchev–Trinajstić information content (AvgIpc) is 2.89. The highest BCUT2D eigenvalue weighted by Crippen LogP contribution is 2.36. The van der Waals surface area contributed by atoms with E-state index in [1.54, 1.807) is 0 Å². The van der Waals surface area contributed by atoms with Gasteiger partial charge in [0.1, 0.15) is 11.1 Å². The first kappa shape index (κ1) is 16.9. The number of benzene rings is 1. The van der Waals surface area contributed by atoms with Gasteiger partial charge in [-0.25, -0.2) is 4.98 Å². The summed E-state index contributed by atoms with van der Waals surface area (Å²) in [4.78, 5) is 21.4. The number of nitrogen functional groups attached to an aromatic ring is 1. The second kappa shape index (κ2) is 5.84. The van der Waals surface area contributed by atoms with Gasteiger partial charge in [0, 0.05) is 6.07 Å². The van der Waals surface area contributed by atoms with Crippen molar-refractivity contribution in [1.82, 2.24) is 19.5 Å². The molecular weight excluding hydrogens is 365 g/mol. The number of nitrogens with two attached hydrogens (primary N) is 1. The minimum atomic E-state index is -4.86. The van der Waals surface area contributed by atoms with Crippen molar-refractivity contribution in [2.45, 2.75) is 12.7 Å². The van der Waals surface area contributed by atoms with Crippen LogP contribution >= 0.6 is 11.6 Å². The molecule has 0 spiro atoms. The Morgan fingerprint density at radius 1 is 1.32 bits per heavy atom. The molecule has 2 N–H and O–H groups in total. The van der Waals surface area contributed by atoms with Gasteiger partial charge in [0.15, 0.2) is 10.8 Å². The van der Waals surface area contributed by atoms with E-state index in [0.29, 0.717) is 0 Å². The maximum Gasteiger partial charge on any atom is 0.423 e. The zero-order valence-electron chi connectivity index (χ0n) is 12.2. The lowest BCUT2D eigenvalue weighted by atomic mass is 10.1. The molecule has 0 atom stereocenters. The third kappa shape index (κ3) is 3.18. The summed E-state index contributed by atoms with van der Waals surface area (Å²) >= 11 is 5.89. The second-order valence-electron chi connectivity index (χ2n) is 5.02. The van der Waals surface area contributed by atoms with Gasteiger partial charge >= 0.3 is 6.18 Å². The van der Waals surface area contributed by atoms with Gasteiger partial charge in [-0.05, 0) is 11.6 Å². The SMILES string of the molecule is Nc1nc(Cl)c2ncn(Cc3ccc([N+](=O)[O-])c(C(F)(F)F)c3)c2n1. The van der Waals surface area contributed by atoms with Crippen LogP contribution in [0.4, 0.5) is 24.8 Å². The number of alkyl halides is 3. The second-order valence-corrected chi connectivity index (χ2v) is 5.38. The van der Waals surface area contributed by atoms with Gasteiger partial charge in [0.2, 0.25) is 5.95 Å². The Morgan fingerprint density at radius 2 is 2.04 bits per heavy atom. The molecule has 0 radical (unpaired) electrons. The molecule has 2 aromatic heterocycles. The average molecular weight is 373 g/mol. The molecule has 2 heterocycles. The number of anilines is 1. The fraction of sp³-hybridized carbons (Fsp3) is 0.154. The van der Waals surface area contributed by atoms with E-state index in [1.807, 2.05) is 0 Å². The fourth-order valence-electron chi connectivity index (χ4n) is 2.31. The summed E-state index contributed by atoms with van der Waals surface area (Å²) in [5, 5.41) is 10.8. The lowest BCUT2D eigenvalue weighted by Gasteiger charge is -2.10. The molecule has 1 aromatic carbocycles. The molecule has 12 heteroatoms. The molecule has 0 aliphatic carbocycles. The maximum absolute atomic E-state index is 13.0. The number of imidazole rings is 1. The predicted octanol–water partition coefficient (Wildman–Crippen LogP) is 3.04. The summed E-state index contributed by atoms with van der Waals surface area (Å²) in [5.74, 6) is -0.112. The van der Waals surface area contributed by atoms with Crippen molar-refractivity contribution in [1.29, 1.82) is 0 Å². The number of aromatic nitrogens is 4. The maximum atomic E-state index is 13.0. The van der Waals surface area contributed by atoms with E-state index in [0.717, 1.165) is 12.1 Å². The van der Waals surface area contributed by atoms with Crippen molar-refractivity contribution in [3.8, 4) is 0 Å². The van der Waals surface area contributed by atoms with E-state index >= 15 is 0 Å². The van der Waals surface area contributed by atoms with Crippen molar-refractivity contribution in [3.05, 3.63) is 50.9 Å². The van der Waals surface area contributed by atoms with E-state index < -0.39 is 22.4 Å². The molecule has 0 fully saturated rings. The first-order valence-corrected chi connectivity index (χ1v) is 7.03. The molecule has 0 aliphatic heterocycles. The summed E-state index contributed by atoms with van der Waals surface area (Å²) in [6.07, 6.45) is -3.54. The van der Waals surface area contributed by atoms with Gasteiger partial charge in [-0.1, -0.05) is 17.7 Å². The van der Waals surface area contributed by atoms with Gasteiger partial charge in [0.05, 0.1) is 17.8 Å². The Labute approximate surface area is 142 Å². The summed E-state index contributed by atoms with van der Waals surface area (Å²) in [6.45, 7) is -0.0651. The quantitative estimate of drug-likeness (QED) is 0.429. The van der Waals surface area contributed by atoms with Crippen molar-refractivity contribution in [2.75, 3.05) is 5.73 Å². The lowest BCUT2D eigenvalue weighted by molar-refractivity contribution is -0.388. The van der Waals surface area contributed by atoms with Crippen LogP contribution in [0.3, 0.4) is 0 Å². The standard InChI is InChI=1S/C13H8ClF3N6O2/c14-10-9-11(21-12(18)20-10)22(5-19-9)4-6-1-2-8(23(24)25)7(3-6)13(15,16)17/h1-3,5H,4H2,(H2,18,20,21). The monoisotopic (exact) mass is 372 g/mol. The number of hydrogen-bond donors (Lipinski definition) is 1. The van der Waals surface area contributed by atoms with Crippen LogP contribution in [0.2, 0.25) is 5.15 Å². The number of nitrogens with zero attached hydrogens (tertiary/aromatic N) is 5. The first-order chi connectivity index (χ1) is 11.7. The molecule has 3 aromatic rings. The molecule has 0 bridgehead atoms. The van der Waals surface area contributed by atoms with E-state index in [9.17, 15) is 23.3 Å². The van der Waals surface area contributed by atoms with Gasteiger partial charge in [-0.15, -0.1) is 0 Å². The van der Waals surface area contributed by atoms with E-state index in [4.69, 9.17) is 17.3 Å². The summed E-state index contributed by atoms with van der Waals surface area (Å²) in [7, 11) is 0. The Kier molecular flexibility index (Phi) is 3.95. The van der Waals surface area contributed by atoms with E-state index in [2.05, 4.69) is 15.0 Å². The number of halogens is 4. The molecule has 25 heavy (non-hydrogen) atoms. The van der Waals surface area contributed by atoms with Gasteiger partial charge in [0.25, 0.3) is 5.69 Å². The third-order valence-corrected chi connectivity index (χ3v) is 3.62. The molecule has 0 saturated carbocycles. The van der Waals surface area contributed by atoms with Gasteiger partial charge < -0.3 is 10.3 Å². The van der Waals surface area contributed by atoms with Crippen LogP contribution < -0.4 is 5.73 Å². The van der Waals surface area contributed by atoms with E-state index in [-0.39, 0.29) is 34.4 Å². The topological polar surface area (TPSA) is 113 Å². The third-order valence-electron chi connectivity index (χ3n) is 3.35. The zero-order chi connectivity index (χ0) is 18.4. The minimum absolute atomic E-state index is 0.0148. The molecule has 0 saturated heterocycles. The van der Waals surface area contributed by atoms with Crippen molar-refractivity contribution < 1.29 is 18.1 Å². The van der Waals surface area contributed by atoms with Gasteiger partial charge in [-0.3, -0.25) is 10.1 Å². The van der Waals surface area contributed by atoms with E-state index in [1.165, 1.54) is 17.0 Å². The summed E-state index contributed by atoms with van der Waals surface area (Å²) < 4.78 is 40.6. The highest BCUT2D eigenvalue weighted by Gasteiger charge is 2.38. The highest BCUT2D eigenvalue weighted by molar-refractivity contribution is 6.33. The van der Waals surface area contributed by atoms with Crippen molar-refractivity contribution in [3.63, 3.8) is 0 Å². The van der Waals surface area contributed by atoms with Crippen LogP contribution in [0, 0.1) is 10.1 Å². The highest BCUT2D eigenvalue weighted by atomic mass is 35.5. The fourth-order valence-corrected chi connectivity index (χ4v) is 2.53. The normalized spacial score (nSPS) is 11.8. The lowest BCUT2D eigenvalue weighted by Crippen LogP contribution is -2.10. The van der Waals surface area contributed by atoms with Crippen LogP contribution in [-0.2, 0) is 12.7 Å². The molecule has 0 amide bonds. The molecule has 0 unspecified atom stereocenters. The van der Waals surface area contributed by atoms with Crippen LogP contribution in [0.5, 0.6) is 0 Å². The van der Waals surface area contributed by atoms with Crippen LogP contribution in [0.15, 0.2) is 24.5 Å². The number of nitro benzene ring substituents is 1. The Balaban J connectivity index is 2.06. The summed E-state index contributed by atoms with van der Waals surface area (Å²) in [6, 6.07) is 2.76. The van der Waals surface area contributed by atoms with Gasteiger partial charge in [-0.2, -0.15) is 23.1 Å². The summed E-state index contributed by atoms with van der Waals surface area (Å²) in [5.41, 5.74) is 3.83. The molecule has 130 valence electrons. The smallest absolute Gasteiger partial charge is 0.368 e. The van der Waals surface area contributed by atoms with Crippen LogP contribution in [-0.4, -0.2) is 24.4 Å². The Morgan fingerprint density at radius 3 is 2.68 bits per heavy atom. The largest absolute Gasteiger partial charge is 0.423 e. The van der Waals surface area contributed by atoms with Crippen LogP contribution in [0.1, 0.15) is 11.1 Å². The van der Waals surface area contributed by atoms with Crippen molar-refractivity contribution >= 4 is 34.4 Å². The number of hydrogen-bond acceptors (Lipinski definition) is 6. The Hall–Kier alpha value is -2.95. The molecule has 0 aliphatic rings. The molecular formula is C13H8ClF3N6O2. The minimum Gasteiger partial charge on any atom is -0.368 e. The van der Waals surface area contributed by atoms with Crippen LogP contribution in [0.25, 0.3) is 11.2 Å². The Bertz CT molecular complexity index is 988. The number of rotatable bonds is 3. The van der Waals surface area contributed by atoms with Crippen molar-refractivity contribution in [2.24, 2.45) is 0 Å². The zero-order valence-corrected chi connectivity index (χ0v) is 12.9. The number of nitro groups is 1.